The second-order valence-corrected chi connectivity index (χ2v) is 8.56. The summed E-state index contributed by atoms with van der Waals surface area (Å²) >= 11 is 0. The van der Waals surface area contributed by atoms with Crippen molar-refractivity contribution >= 4 is 11.9 Å². The molecule has 4 heteroatoms. The van der Waals surface area contributed by atoms with Crippen molar-refractivity contribution in [2.24, 2.45) is 17.8 Å². The zero-order valence-electron chi connectivity index (χ0n) is 18.7. The van der Waals surface area contributed by atoms with Crippen LogP contribution in [0.5, 0.6) is 0 Å². The molecule has 0 N–H and O–H groups in total. The lowest BCUT2D eigenvalue weighted by Gasteiger charge is -2.26. The molecule has 0 heterocycles. The highest BCUT2D eigenvalue weighted by Crippen LogP contribution is 2.35. The molecular weight excluding hydrogens is 352 g/mol. The van der Waals surface area contributed by atoms with E-state index in [1.807, 2.05) is 0 Å². The highest BCUT2D eigenvalue weighted by Gasteiger charge is 2.40. The fourth-order valence-corrected chi connectivity index (χ4v) is 4.21. The standard InChI is InChI=1S/C24H44O4/c1-4-6-8-10-14-18-27-23(25)21-17-13-12-16-20(3)22(21)24(26)28-19-15-11-9-7-5-2/h20-22H,4-19H2,1-3H3. The van der Waals surface area contributed by atoms with Gasteiger partial charge in [-0.2, -0.15) is 0 Å². The van der Waals surface area contributed by atoms with E-state index in [0.29, 0.717) is 13.2 Å². The summed E-state index contributed by atoms with van der Waals surface area (Å²) in [6.45, 7) is 7.43. The Balaban J connectivity index is 2.48. The summed E-state index contributed by atoms with van der Waals surface area (Å²) in [4.78, 5) is 25.5. The van der Waals surface area contributed by atoms with Gasteiger partial charge in [0, 0.05) is 0 Å². The summed E-state index contributed by atoms with van der Waals surface area (Å²) in [5, 5.41) is 0. The van der Waals surface area contributed by atoms with Crippen LogP contribution in [0, 0.1) is 17.8 Å². The fourth-order valence-electron chi connectivity index (χ4n) is 4.21. The van der Waals surface area contributed by atoms with E-state index in [0.717, 1.165) is 51.4 Å². The smallest absolute Gasteiger partial charge is 0.310 e. The first-order valence-electron chi connectivity index (χ1n) is 11.9. The largest absolute Gasteiger partial charge is 0.465 e. The number of hydrogen-bond donors (Lipinski definition) is 0. The Labute approximate surface area is 173 Å². The predicted octanol–water partition coefficient (Wildman–Crippen LogP) is 6.46. The second kappa shape index (κ2) is 15.8. The summed E-state index contributed by atoms with van der Waals surface area (Å²) < 4.78 is 11.2. The summed E-state index contributed by atoms with van der Waals surface area (Å²) in [7, 11) is 0. The topological polar surface area (TPSA) is 52.6 Å². The van der Waals surface area contributed by atoms with Gasteiger partial charge >= 0.3 is 11.9 Å². The van der Waals surface area contributed by atoms with E-state index >= 15 is 0 Å². The summed E-state index contributed by atoms with van der Waals surface area (Å²) in [5.41, 5.74) is 0. The van der Waals surface area contributed by atoms with Gasteiger partial charge in [0.15, 0.2) is 0 Å². The maximum Gasteiger partial charge on any atom is 0.310 e. The van der Waals surface area contributed by atoms with E-state index < -0.39 is 0 Å². The van der Waals surface area contributed by atoms with Crippen molar-refractivity contribution in [3.05, 3.63) is 0 Å². The Hall–Kier alpha value is -1.06. The number of carbonyl (C=O) groups is 2. The zero-order chi connectivity index (χ0) is 20.6. The Morgan fingerprint density at radius 3 is 1.79 bits per heavy atom. The summed E-state index contributed by atoms with van der Waals surface area (Å²) in [6, 6.07) is 0. The van der Waals surface area contributed by atoms with E-state index in [4.69, 9.17) is 9.47 Å². The fraction of sp³-hybridized carbons (Fsp3) is 0.917. The molecule has 164 valence electrons. The van der Waals surface area contributed by atoms with Crippen molar-refractivity contribution in [2.45, 2.75) is 111 Å². The monoisotopic (exact) mass is 396 g/mol. The van der Waals surface area contributed by atoms with Crippen LogP contribution < -0.4 is 0 Å². The first-order valence-corrected chi connectivity index (χ1v) is 11.9. The third-order valence-corrected chi connectivity index (χ3v) is 6.03. The minimum atomic E-state index is -0.342. The van der Waals surface area contributed by atoms with Crippen molar-refractivity contribution < 1.29 is 19.1 Å². The van der Waals surface area contributed by atoms with Gasteiger partial charge in [-0.15, -0.1) is 0 Å². The van der Waals surface area contributed by atoms with E-state index in [9.17, 15) is 9.59 Å². The lowest BCUT2D eigenvalue weighted by molar-refractivity contribution is -0.163. The zero-order valence-corrected chi connectivity index (χ0v) is 18.7. The van der Waals surface area contributed by atoms with Crippen molar-refractivity contribution in [1.82, 2.24) is 0 Å². The average molecular weight is 397 g/mol. The molecule has 0 spiro atoms. The van der Waals surface area contributed by atoms with Crippen LogP contribution in [0.2, 0.25) is 0 Å². The van der Waals surface area contributed by atoms with Gasteiger partial charge in [-0.1, -0.05) is 85.0 Å². The molecule has 0 amide bonds. The minimum Gasteiger partial charge on any atom is -0.465 e. The Kier molecular flexibility index (Phi) is 14.1. The van der Waals surface area contributed by atoms with Crippen LogP contribution in [0.1, 0.15) is 111 Å². The van der Waals surface area contributed by atoms with Crippen LogP contribution in [0.25, 0.3) is 0 Å². The second-order valence-electron chi connectivity index (χ2n) is 8.56. The van der Waals surface area contributed by atoms with E-state index in [-0.39, 0.29) is 29.7 Å². The van der Waals surface area contributed by atoms with Crippen molar-refractivity contribution in [3.8, 4) is 0 Å². The molecule has 3 atom stereocenters. The number of ether oxygens (including phenoxy) is 2. The molecule has 0 aliphatic heterocycles. The highest BCUT2D eigenvalue weighted by molar-refractivity contribution is 5.82. The van der Waals surface area contributed by atoms with Crippen LogP contribution in [0.4, 0.5) is 0 Å². The molecule has 1 saturated carbocycles. The first-order chi connectivity index (χ1) is 13.6. The number of carbonyl (C=O) groups excluding carboxylic acids is 2. The van der Waals surface area contributed by atoms with Crippen LogP contribution in [0.3, 0.4) is 0 Å². The molecule has 0 aromatic rings. The highest BCUT2D eigenvalue weighted by atomic mass is 16.5. The van der Waals surface area contributed by atoms with Gasteiger partial charge < -0.3 is 9.47 Å². The van der Waals surface area contributed by atoms with Crippen molar-refractivity contribution in [1.29, 1.82) is 0 Å². The quantitative estimate of drug-likeness (QED) is 0.192. The third-order valence-electron chi connectivity index (χ3n) is 6.03. The molecule has 1 fully saturated rings. The number of unbranched alkanes of at least 4 members (excludes halogenated alkanes) is 8. The molecule has 0 radical (unpaired) electrons. The molecule has 1 aliphatic rings. The van der Waals surface area contributed by atoms with Gasteiger partial charge in [-0.3, -0.25) is 9.59 Å². The molecule has 1 rings (SSSR count). The molecule has 0 bridgehead atoms. The predicted molar refractivity (Wildman–Crippen MR) is 114 cm³/mol. The Morgan fingerprint density at radius 2 is 1.21 bits per heavy atom. The van der Waals surface area contributed by atoms with E-state index in [2.05, 4.69) is 20.8 Å². The molecule has 28 heavy (non-hydrogen) atoms. The first kappa shape index (κ1) is 25.0. The Morgan fingerprint density at radius 1 is 0.714 bits per heavy atom. The molecule has 3 unspecified atom stereocenters. The van der Waals surface area contributed by atoms with Crippen LogP contribution in [0.15, 0.2) is 0 Å². The van der Waals surface area contributed by atoms with Crippen LogP contribution in [-0.2, 0) is 19.1 Å². The average Bonchev–Trinajstić information content (AvgIpc) is 2.88. The Bertz CT molecular complexity index is 421. The van der Waals surface area contributed by atoms with Gasteiger partial charge in [0.1, 0.15) is 0 Å². The maximum atomic E-state index is 12.8. The van der Waals surface area contributed by atoms with Gasteiger partial charge in [0.2, 0.25) is 0 Å². The van der Waals surface area contributed by atoms with Gasteiger partial charge in [0.25, 0.3) is 0 Å². The van der Waals surface area contributed by atoms with Crippen LogP contribution in [-0.4, -0.2) is 25.2 Å². The SMILES string of the molecule is CCCCCCCOC(=O)C1CCCCC(C)C1C(=O)OCCCCCCC. The minimum absolute atomic E-state index is 0.178. The number of rotatable bonds is 14. The molecular formula is C24H44O4. The van der Waals surface area contributed by atoms with E-state index in [1.165, 1.54) is 38.5 Å². The third kappa shape index (κ3) is 9.93. The van der Waals surface area contributed by atoms with E-state index in [1.54, 1.807) is 0 Å². The maximum absolute atomic E-state index is 12.8. The van der Waals surface area contributed by atoms with Gasteiger partial charge in [0.05, 0.1) is 25.0 Å². The van der Waals surface area contributed by atoms with Crippen molar-refractivity contribution in [3.63, 3.8) is 0 Å². The molecule has 1 aliphatic carbocycles. The molecule has 0 aromatic heterocycles. The molecule has 0 saturated heterocycles. The normalized spacial score (nSPS) is 22.5. The van der Waals surface area contributed by atoms with Gasteiger partial charge in [-0.05, 0) is 31.6 Å². The molecule has 0 aromatic carbocycles. The van der Waals surface area contributed by atoms with Gasteiger partial charge in [-0.25, -0.2) is 0 Å². The number of hydrogen-bond acceptors (Lipinski definition) is 4. The summed E-state index contributed by atoms with van der Waals surface area (Å²) in [6.07, 6.45) is 15.1. The lowest BCUT2D eigenvalue weighted by Crippen LogP contribution is -2.36. The van der Waals surface area contributed by atoms with Crippen molar-refractivity contribution in [2.75, 3.05) is 13.2 Å². The molecule has 4 nitrogen and oxygen atoms in total. The van der Waals surface area contributed by atoms with Crippen LogP contribution >= 0.6 is 0 Å². The lowest BCUT2D eigenvalue weighted by atomic mass is 9.81. The summed E-state index contributed by atoms with van der Waals surface area (Å²) in [5.74, 6) is -0.868. The number of esters is 2.